The molecule has 0 aliphatic heterocycles. The molecule has 4 nitrogen and oxygen atoms in total. The lowest BCUT2D eigenvalue weighted by molar-refractivity contribution is 0.918. The fourth-order valence-electron chi connectivity index (χ4n) is 2.57. The van der Waals surface area contributed by atoms with Gasteiger partial charge in [-0.25, -0.2) is 9.97 Å². The van der Waals surface area contributed by atoms with E-state index >= 15 is 0 Å². The van der Waals surface area contributed by atoms with E-state index in [9.17, 15) is 0 Å². The Morgan fingerprint density at radius 2 is 1.90 bits per heavy atom. The summed E-state index contributed by atoms with van der Waals surface area (Å²) >= 11 is 0. The normalized spacial score (nSPS) is 11.2. The van der Waals surface area contributed by atoms with Crippen molar-refractivity contribution in [1.82, 2.24) is 14.5 Å². The van der Waals surface area contributed by atoms with Crippen LogP contribution in [0, 0.1) is 6.92 Å². The van der Waals surface area contributed by atoms with Gasteiger partial charge in [0.1, 0.15) is 12.0 Å². The van der Waals surface area contributed by atoms with E-state index in [2.05, 4.69) is 47.4 Å². The van der Waals surface area contributed by atoms with Gasteiger partial charge < -0.3 is 10.3 Å². The van der Waals surface area contributed by atoms with Crippen molar-refractivity contribution < 1.29 is 0 Å². The van der Waals surface area contributed by atoms with Crippen molar-refractivity contribution in [2.75, 3.05) is 6.54 Å². The zero-order chi connectivity index (χ0) is 14.1. The van der Waals surface area contributed by atoms with Crippen LogP contribution in [-0.4, -0.2) is 21.1 Å². The van der Waals surface area contributed by atoms with Gasteiger partial charge >= 0.3 is 0 Å². The van der Waals surface area contributed by atoms with E-state index in [1.807, 2.05) is 11.6 Å². The summed E-state index contributed by atoms with van der Waals surface area (Å²) in [6.45, 7) is 2.71. The molecule has 3 aromatic rings. The lowest BCUT2D eigenvalue weighted by atomic mass is 10.0. The number of nitrogens with zero attached hydrogens (tertiary/aromatic N) is 3. The van der Waals surface area contributed by atoms with Gasteiger partial charge in [-0.15, -0.1) is 0 Å². The predicted octanol–water partition coefficient (Wildman–Crippen LogP) is 2.44. The molecule has 0 radical (unpaired) electrons. The lowest BCUT2D eigenvalue weighted by Crippen LogP contribution is -2.02. The molecule has 0 atom stereocenters. The zero-order valence-corrected chi connectivity index (χ0v) is 11.8. The highest BCUT2D eigenvalue weighted by Crippen LogP contribution is 2.29. The topological polar surface area (TPSA) is 56.7 Å². The Kier molecular flexibility index (Phi) is 3.24. The minimum atomic E-state index is 0.626. The van der Waals surface area contributed by atoms with E-state index in [0.717, 1.165) is 28.7 Å². The van der Waals surface area contributed by atoms with Gasteiger partial charge in [-0.1, -0.05) is 29.8 Å². The largest absolute Gasteiger partial charge is 0.335 e. The number of rotatable bonds is 3. The Hall–Kier alpha value is -2.20. The molecular weight excluding hydrogens is 248 g/mol. The molecule has 0 saturated carbocycles. The van der Waals surface area contributed by atoms with Crippen molar-refractivity contribution in [1.29, 1.82) is 0 Å². The van der Waals surface area contributed by atoms with Gasteiger partial charge in [0.2, 0.25) is 0 Å². The van der Waals surface area contributed by atoms with E-state index in [-0.39, 0.29) is 0 Å². The predicted molar refractivity (Wildman–Crippen MR) is 81.4 cm³/mol. The molecule has 0 bridgehead atoms. The van der Waals surface area contributed by atoms with Gasteiger partial charge in [0.25, 0.3) is 0 Å². The van der Waals surface area contributed by atoms with E-state index in [4.69, 9.17) is 5.73 Å². The average Bonchev–Trinajstić information content (AvgIpc) is 2.77. The Labute approximate surface area is 118 Å². The molecule has 3 rings (SSSR count). The van der Waals surface area contributed by atoms with E-state index in [1.165, 1.54) is 11.1 Å². The Bertz CT molecular complexity index is 741. The molecule has 2 aromatic heterocycles. The van der Waals surface area contributed by atoms with Crippen LogP contribution in [0.25, 0.3) is 22.3 Å². The maximum Gasteiger partial charge on any atom is 0.143 e. The van der Waals surface area contributed by atoms with Crippen molar-refractivity contribution in [3.8, 4) is 11.3 Å². The molecule has 0 unspecified atom stereocenters. The summed E-state index contributed by atoms with van der Waals surface area (Å²) < 4.78 is 2.04. The molecule has 1 aromatic carbocycles. The number of hydrogen-bond acceptors (Lipinski definition) is 3. The molecule has 0 amide bonds. The van der Waals surface area contributed by atoms with Gasteiger partial charge in [0, 0.05) is 24.2 Å². The van der Waals surface area contributed by atoms with Gasteiger partial charge in [0.05, 0.1) is 5.69 Å². The Balaban J connectivity index is 2.27. The summed E-state index contributed by atoms with van der Waals surface area (Å²) in [7, 11) is 2.01. The van der Waals surface area contributed by atoms with Crippen molar-refractivity contribution >= 4 is 11.0 Å². The standard InChI is InChI=1S/C16H18N4/c1-11-3-5-12(6-4-11)15-14-13(7-8-17)9-20(2)16(14)19-10-18-15/h3-6,9-10H,7-8,17H2,1-2H3. The van der Waals surface area contributed by atoms with Crippen molar-refractivity contribution in [2.45, 2.75) is 13.3 Å². The third kappa shape index (κ3) is 2.08. The van der Waals surface area contributed by atoms with Crippen molar-refractivity contribution in [3.63, 3.8) is 0 Å². The van der Waals surface area contributed by atoms with Gasteiger partial charge in [-0.3, -0.25) is 0 Å². The second kappa shape index (κ2) is 5.06. The second-order valence-corrected chi connectivity index (χ2v) is 5.09. The maximum atomic E-state index is 5.72. The first kappa shape index (κ1) is 12.8. The first-order chi connectivity index (χ1) is 9.70. The molecule has 0 saturated heterocycles. The number of hydrogen-bond donors (Lipinski definition) is 1. The van der Waals surface area contributed by atoms with Crippen molar-refractivity contribution in [2.24, 2.45) is 12.8 Å². The first-order valence-corrected chi connectivity index (χ1v) is 6.76. The van der Waals surface area contributed by atoms with Gasteiger partial charge in [0.15, 0.2) is 0 Å². The quantitative estimate of drug-likeness (QED) is 0.792. The minimum absolute atomic E-state index is 0.626. The van der Waals surface area contributed by atoms with Crippen LogP contribution in [0.2, 0.25) is 0 Å². The molecule has 2 heterocycles. The molecule has 20 heavy (non-hydrogen) atoms. The molecule has 0 aliphatic rings. The molecular formula is C16H18N4. The van der Waals surface area contributed by atoms with Crippen LogP contribution >= 0.6 is 0 Å². The molecule has 2 N–H and O–H groups in total. The summed E-state index contributed by atoms with van der Waals surface area (Å²) in [6.07, 6.45) is 4.57. The molecule has 0 fully saturated rings. The summed E-state index contributed by atoms with van der Waals surface area (Å²) in [5, 5.41) is 1.12. The Morgan fingerprint density at radius 3 is 2.60 bits per heavy atom. The zero-order valence-electron chi connectivity index (χ0n) is 11.8. The summed E-state index contributed by atoms with van der Waals surface area (Å²) in [6, 6.07) is 8.43. The second-order valence-electron chi connectivity index (χ2n) is 5.09. The minimum Gasteiger partial charge on any atom is -0.335 e. The number of fused-ring (bicyclic) bond motifs is 1. The van der Waals surface area contributed by atoms with E-state index < -0.39 is 0 Å². The van der Waals surface area contributed by atoms with E-state index in [0.29, 0.717) is 6.54 Å². The van der Waals surface area contributed by atoms with Crippen LogP contribution in [0.3, 0.4) is 0 Å². The number of nitrogens with two attached hydrogens (primary N) is 1. The van der Waals surface area contributed by atoms with E-state index in [1.54, 1.807) is 6.33 Å². The maximum absolute atomic E-state index is 5.72. The third-order valence-electron chi connectivity index (χ3n) is 3.57. The SMILES string of the molecule is Cc1ccc(-c2ncnc3c2c(CCN)cn3C)cc1. The highest BCUT2D eigenvalue weighted by molar-refractivity contribution is 5.93. The fourth-order valence-corrected chi connectivity index (χ4v) is 2.57. The Morgan fingerprint density at radius 1 is 1.15 bits per heavy atom. The van der Waals surface area contributed by atoms with Crippen LogP contribution in [0.1, 0.15) is 11.1 Å². The highest BCUT2D eigenvalue weighted by Gasteiger charge is 2.14. The van der Waals surface area contributed by atoms with Gasteiger partial charge in [-0.2, -0.15) is 0 Å². The van der Waals surface area contributed by atoms with Gasteiger partial charge in [-0.05, 0) is 25.5 Å². The third-order valence-corrected chi connectivity index (χ3v) is 3.57. The summed E-state index contributed by atoms with van der Waals surface area (Å²) in [4.78, 5) is 8.90. The first-order valence-electron chi connectivity index (χ1n) is 6.76. The summed E-state index contributed by atoms with van der Waals surface area (Å²) in [5.74, 6) is 0. The van der Waals surface area contributed by atoms with Crippen LogP contribution in [0.5, 0.6) is 0 Å². The summed E-state index contributed by atoms with van der Waals surface area (Å²) in [5.41, 5.74) is 11.2. The van der Waals surface area contributed by atoms with Crippen LogP contribution in [0.15, 0.2) is 36.8 Å². The molecule has 0 spiro atoms. The number of aromatic nitrogens is 3. The average molecular weight is 266 g/mol. The highest BCUT2D eigenvalue weighted by atomic mass is 15.0. The molecule has 4 heteroatoms. The monoisotopic (exact) mass is 266 g/mol. The number of aryl methyl sites for hydroxylation is 2. The number of benzene rings is 1. The molecule has 102 valence electrons. The van der Waals surface area contributed by atoms with Crippen LogP contribution < -0.4 is 5.73 Å². The van der Waals surface area contributed by atoms with Crippen molar-refractivity contribution in [3.05, 3.63) is 47.9 Å². The van der Waals surface area contributed by atoms with Crippen LogP contribution in [0.4, 0.5) is 0 Å². The smallest absolute Gasteiger partial charge is 0.143 e. The lowest BCUT2D eigenvalue weighted by Gasteiger charge is -2.05. The molecule has 0 aliphatic carbocycles. The van der Waals surface area contributed by atoms with Crippen LogP contribution in [-0.2, 0) is 13.5 Å². The fraction of sp³-hybridized carbons (Fsp3) is 0.250.